The molecule has 0 saturated heterocycles. The quantitative estimate of drug-likeness (QED) is 0.791. The predicted octanol–water partition coefficient (Wildman–Crippen LogP) is 3.53. The van der Waals surface area contributed by atoms with Gasteiger partial charge in [0, 0.05) is 4.88 Å². The lowest BCUT2D eigenvalue weighted by Crippen LogP contribution is -2.08. The van der Waals surface area contributed by atoms with Gasteiger partial charge >= 0.3 is 0 Å². The fourth-order valence-corrected chi connectivity index (χ4v) is 3.44. The highest BCUT2D eigenvalue weighted by Crippen LogP contribution is 2.40. The van der Waals surface area contributed by atoms with Gasteiger partial charge in [-0.15, -0.1) is 11.3 Å². The van der Waals surface area contributed by atoms with Crippen molar-refractivity contribution in [3.8, 4) is 0 Å². The van der Waals surface area contributed by atoms with Crippen LogP contribution in [-0.4, -0.2) is 5.11 Å². The summed E-state index contributed by atoms with van der Waals surface area (Å²) in [5, 5.41) is 12.3. The van der Waals surface area contributed by atoms with Crippen molar-refractivity contribution in [1.29, 1.82) is 0 Å². The smallest absolute Gasteiger partial charge is 0.0912 e. The Morgan fingerprint density at radius 2 is 2.29 bits per heavy atom. The molecule has 1 aromatic rings. The molecule has 1 nitrogen and oxygen atoms in total. The third-order valence-corrected chi connectivity index (χ3v) is 4.44. The zero-order chi connectivity index (χ0) is 10.1. The molecule has 0 radical (unpaired) electrons. The topological polar surface area (TPSA) is 20.2 Å². The Morgan fingerprint density at radius 1 is 1.50 bits per heavy atom. The minimum Gasteiger partial charge on any atom is -0.387 e. The lowest BCUT2D eigenvalue weighted by Gasteiger charge is -2.17. The van der Waals surface area contributed by atoms with E-state index in [9.17, 15) is 5.11 Å². The summed E-state index contributed by atoms with van der Waals surface area (Å²) < 4.78 is 0. The van der Waals surface area contributed by atoms with E-state index in [1.807, 2.05) is 0 Å². The minimum atomic E-state index is -0.208. The van der Waals surface area contributed by atoms with Gasteiger partial charge in [0.25, 0.3) is 0 Å². The number of hydrogen-bond donors (Lipinski definition) is 1. The molecule has 3 atom stereocenters. The molecule has 14 heavy (non-hydrogen) atoms. The molecule has 1 N–H and O–H groups in total. The van der Waals surface area contributed by atoms with Crippen molar-refractivity contribution in [2.75, 3.05) is 0 Å². The monoisotopic (exact) mass is 210 g/mol. The van der Waals surface area contributed by atoms with Gasteiger partial charge in [0.2, 0.25) is 0 Å². The van der Waals surface area contributed by atoms with Crippen LogP contribution in [0.1, 0.15) is 42.7 Å². The van der Waals surface area contributed by atoms with Crippen molar-refractivity contribution in [3.63, 3.8) is 0 Å². The third kappa shape index (κ3) is 1.86. The van der Waals surface area contributed by atoms with Crippen LogP contribution in [0.2, 0.25) is 0 Å². The lowest BCUT2D eigenvalue weighted by atomic mass is 9.97. The Balaban J connectivity index is 2.09. The van der Waals surface area contributed by atoms with Crippen LogP contribution in [0.3, 0.4) is 0 Å². The van der Waals surface area contributed by atoms with Gasteiger partial charge in [-0.25, -0.2) is 0 Å². The number of aliphatic hydroxyl groups is 1. The molecule has 1 aromatic heterocycles. The molecule has 1 saturated carbocycles. The summed E-state index contributed by atoms with van der Waals surface area (Å²) in [5.74, 6) is 1.30. The molecule has 0 spiro atoms. The van der Waals surface area contributed by atoms with E-state index in [1.54, 1.807) is 11.3 Å². The van der Waals surface area contributed by atoms with Crippen LogP contribution in [-0.2, 0) is 0 Å². The fraction of sp³-hybridized carbons (Fsp3) is 0.667. The van der Waals surface area contributed by atoms with Crippen LogP contribution in [0.5, 0.6) is 0 Å². The van der Waals surface area contributed by atoms with Gasteiger partial charge in [0.15, 0.2) is 0 Å². The summed E-state index contributed by atoms with van der Waals surface area (Å²) in [6, 6.07) is 2.10. The van der Waals surface area contributed by atoms with E-state index in [0.29, 0.717) is 5.92 Å². The first-order chi connectivity index (χ1) is 6.68. The Labute approximate surface area is 89.8 Å². The number of hydrogen-bond acceptors (Lipinski definition) is 2. The largest absolute Gasteiger partial charge is 0.387 e. The molecular formula is C12H18OS. The van der Waals surface area contributed by atoms with E-state index < -0.39 is 0 Å². The summed E-state index contributed by atoms with van der Waals surface area (Å²) in [6.45, 7) is 4.38. The Hall–Kier alpha value is -0.340. The summed E-state index contributed by atoms with van der Waals surface area (Å²) >= 11 is 1.70. The highest BCUT2D eigenvalue weighted by molar-refractivity contribution is 7.10. The molecule has 1 fully saturated rings. The molecule has 78 valence electrons. The fourth-order valence-electron chi connectivity index (χ4n) is 2.44. The van der Waals surface area contributed by atoms with Crippen molar-refractivity contribution in [3.05, 3.63) is 21.9 Å². The first-order valence-corrected chi connectivity index (χ1v) is 6.28. The van der Waals surface area contributed by atoms with E-state index in [1.165, 1.54) is 29.7 Å². The van der Waals surface area contributed by atoms with Gasteiger partial charge in [-0.1, -0.05) is 13.3 Å². The highest BCUT2D eigenvalue weighted by Gasteiger charge is 2.29. The summed E-state index contributed by atoms with van der Waals surface area (Å²) in [6.07, 6.45) is 3.46. The summed E-state index contributed by atoms with van der Waals surface area (Å²) in [5.41, 5.74) is 1.25. The Kier molecular flexibility index (Phi) is 2.93. The average Bonchev–Trinajstić information content (AvgIpc) is 2.73. The maximum absolute atomic E-state index is 10.2. The van der Waals surface area contributed by atoms with E-state index in [2.05, 4.69) is 25.3 Å². The minimum absolute atomic E-state index is 0.208. The number of rotatable bonds is 2. The second kappa shape index (κ2) is 4.03. The molecule has 0 aromatic carbocycles. The third-order valence-electron chi connectivity index (χ3n) is 3.35. The van der Waals surface area contributed by atoms with Crippen molar-refractivity contribution in [2.45, 2.75) is 39.2 Å². The van der Waals surface area contributed by atoms with Crippen LogP contribution in [0, 0.1) is 18.8 Å². The van der Waals surface area contributed by atoms with E-state index >= 15 is 0 Å². The van der Waals surface area contributed by atoms with Gasteiger partial charge in [0.1, 0.15) is 0 Å². The maximum atomic E-state index is 10.2. The van der Waals surface area contributed by atoms with Crippen molar-refractivity contribution < 1.29 is 5.11 Å². The zero-order valence-electron chi connectivity index (χ0n) is 8.86. The van der Waals surface area contributed by atoms with E-state index in [-0.39, 0.29) is 6.10 Å². The van der Waals surface area contributed by atoms with Crippen molar-refractivity contribution in [2.24, 2.45) is 11.8 Å². The highest BCUT2D eigenvalue weighted by atomic mass is 32.1. The van der Waals surface area contributed by atoms with E-state index in [4.69, 9.17) is 0 Å². The number of thiophene rings is 1. The maximum Gasteiger partial charge on any atom is 0.0912 e. The van der Waals surface area contributed by atoms with Crippen LogP contribution in [0.25, 0.3) is 0 Å². The molecule has 3 unspecified atom stereocenters. The second-order valence-corrected chi connectivity index (χ2v) is 5.54. The molecule has 0 amide bonds. The Bertz CT molecular complexity index is 305. The molecule has 0 bridgehead atoms. The summed E-state index contributed by atoms with van der Waals surface area (Å²) in [7, 11) is 0. The van der Waals surface area contributed by atoms with Gasteiger partial charge in [-0.2, -0.15) is 0 Å². The lowest BCUT2D eigenvalue weighted by molar-refractivity contribution is 0.112. The van der Waals surface area contributed by atoms with Gasteiger partial charge in [0.05, 0.1) is 6.10 Å². The first-order valence-electron chi connectivity index (χ1n) is 5.40. The average molecular weight is 210 g/mol. The van der Waals surface area contributed by atoms with Crippen LogP contribution in [0.15, 0.2) is 11.4 Å². The number of aryl methyl sites for hydroxylation is 1. The molecule has 1 aliphatic rings. The van der Waals surface area contributed by atoms with Crippen LogP contribution >= 0.6 is 11.3 Å². The SMILES string of the molecule is Cc1ccsc1C(O)C1CCC(C)C1. The Morgan fingerprint density at radius 3 is 2.79 bits per heavy atom. The summed E-state index contributed by atoms with van der Waals surface area (Å²) in [4.78, 5) is 1.18. The number of aliphatic hydroxyl groups excluding tert-OH is 1. The van der Waals surface area contributed by atoms with Crippen LogP contribution in [0.4, 0.5) is 0 Å². The molecule has 0 aliphatic heterocycles. The van der Waals surface area contributed by atoms with Crippen molar-refractivity contribution in [1.82, 2.24) is 0 Å². The first kappa shape index (κ1) is 10.2. The van der Waals surface area contributed by atoms with E-state index in [0.717, 1.165) is 5.92 Å². The molecule has 2 rings (SSSR count). The molecule has 2 heteroatoms. The zero-order valence-corrected chi connectivity index (χ0v) is 9.68. The standard InChI is InChI=1S/C12H18OS/c1-8-3-4-10(7-8)11(13)12-9(2)5-6-14-12/h5-6,8,10-11,13H,3-4,7H2,1-2H3. The second-order valence-electron chi connectivity index (χ2n) is 4.59. The van der Waals surface area contributed by atoms with Crippen LogP contribution < -0.4 is 0 Å². The molecule has 1 aliphatic carbocycles. The molecular weight excluding hydrogens is 192 g/mol. The van der Waals surface area contributed by atoms with Gasteiger partial charge < -0.3 is 5.11 Å². The van der Waals surface area contributed by atoms with Gasteiger partial charge in [-0.3, -0.25) is 0 Å². The van der Waals surface area contributed by atoms with Gasteiger partial charge in [-0.05, 0) is 48.6 Å². The predicted molar refractivity (Wildman–Crippen MR) is 60.5 cm³/mol. The molecule has 1 heterocycles. The normalized spacial score (nSPS) is 29.4. The van der Waals surface area contributed by atoms with Crippen molar-refractivity contribution >= 4 is 11.3 Å².